The minimum absolute atomic E-state index is 0.136. The Kier molecular flexibility index (Phi) is 3.86. The van der Waals surface area contributed by atoms with Gasteiger partial charge in [-0.2, -0.15) is 0 Å². The fourth-order valence-electron chi connectivity index (χ4n) is 1.56. The van der Waals surface area contributed by atoms with Gasteiger partial charge in [0.05, 0.1) is 12.0 Å². The second kappa shape index (κ2) is 5.57. The van der Waals surface area contributed by atoms with E-state index in [0.29, 0.717) is 5.69 Å². The number of hydrogen-bond acceptors (Lipinski definition) is 4. The number of anilines is 1. The van der Waals surface area contributed by atoms with Gasteiger partial charge in [0, 0.05) is 4.90 Å². The van der Waals surface area contributed by atoms with Crippen molar-refractivity contribution in [2.75, 3.05) is 11.6 Å². The van der Waals surface area contributed by atoms with Crippen LogP contribution >= 0.6 is 11.8 Å². The van der Waals surface area contributed by atoms with Gasteiger partial charge in [-0.3, -0.25) is 4.79 Å². The van der Waals surface area contributed by atoms with Crippen LogP contribution in [0.4, 0.5) is 5.69 Å². The summed E-state index contributed by atoms with van der Waals surface area (Å²) >= 11 is 1.49. The van der Waals surface area contributed by atoms with Crippen molar-refractivity contribution < 1.29 is 14.7 Å². The minimum Gasteiger partial charge on any atom is -0.477 e. The summed E-state index contributed by atoms with van der Waals surface area (Å²) in [5.41, 5.74) is 0.266. The molecule has 6 nitrogen and oxygen atoms in total. The zero-order chi connectivity index (χ0) is 13.8. The molecule has 0 aliphatic heterocycles. The minimum atomic E-state index is -1.22. The number of H-pyrrole nitrogens is 1. The highest BCUT2D eigenvalue weighted by Gasteiger charge is 2.20. The van der Waals surface area contributed by atoms with Crippen molar-refractivity contribution in [1.29, 1.82) is 0 Å². The molecule has 0 bridgehead atoms. The van der Waals surface area contributed by atoms with Gasteiger partial charge < -0.3 is 15.4 Å². The predicted molar refractivity (Wildman–Crippen MR) is 71.7 cm³/mol. The van der Waals surface area contributed by atoms with Crippen molar-refractivity contribution in [3.8, 4) is 0 Å². The van der Waals surface area contributed by atoms with Crippen LogP contribution in [0.5, 0.6) is 0 Å². The standard InChI is InChI=1S/C12H11N3O3S/c1-19-8-5-3-2-4-7(8)15-11(16)9-10(12(17)18)14-6-13-9/h2-6H,1H3,(H,13,14)(H,15,16)(H,17,18). The third kappa shape index (κ3) is 2.76. The van der Waals surface area contributed by atoms with Crippen molar-refractivity contribution in [3.63, 3.8) is 0 Å². The molecule has 0 saturated heterocycles. The number of amides is 1. The molecule has 0 saturated carbocycles. The molecule has 2 rings (SSSR count). The third-order valence-corrected chi connectivity index (χ3v) is 3.22. The van der Waals surface area contributed by atoms with Gasteiger partial charge in [-0.15, -0.1) is 11.8 Å². The quantitative estimate of drug-likeness (QED) is 0.744. The molecule has 0 atom stereocenters. The van der Waals surface area contributed by atoms with Crippen LogP contribution in [-0.2, 0) is 0 Å². The molecule has 19 heavy (non-hydrogen) atoms. The molecule has 0 fully saturated rings. The molecule has 0 aliphatic carbocycles. The summed E-state index contributed by atoms with van der Waals surface area (Å²) in [4.78, 5) is 30.0. The Hall–Kier alpha value is -2.28. The first kappa shape index (κ1) is 13.2. The van der Waals surface area contributed by atoms with Crippen LogP contribution in [0.3, 0.4) is 0 Å². The summed E-state index contributed by atoms with van der Waals surface area (Å²) in [6.07, 6.45) is 3.07. The van der Waals surface area contributed by atoms with E-state index in [1.807, 2.05) is 18.4 Å². The first-order valence-electron chi connectivity index (χ1n) is 5.34. The molecule has 0 radical (unpaired) electrons. The molecule has 1 aromatic heterocycles. The molecule has 0 aliphatic rings. The second-order valence-electron chi connectivity index (χ2n) is 3.59. The summed E-state index contributed by atoms with van der Waals surface area (Å²) in [6, 6.07) is 7.26. The largest absolute Gasteiger partial charge is 0.477 e. The van der Waals surface area contributed by atoms with E-state index in [-0.39, 0.29) is 11.4 Å². The number of rotatable bonds is 4. The van der Waals surface area contributed by atoms with Gasteiger partial charge in [-0.25, -0.2) is 9.78 Å². The van der Waals surface area contributed by atoms with Crippen molar-refractivity contribution in [2.45, 2.75) is 4.90 Å². The lowest BCUT2D eigenvalue weighted by Crippen LogP contribution is -2.16. The SMILES string of the molecule is CSc1ccccc1NC(=O)c1nc[nH]c1C(=O)O. The number of carbonyl (C=O) groups excluding carboxylic acids is 1. The number of nitrogens with zero attached hydrogens (tertiary/aromatic N) is 1. The molecule has 3 N–H and O–H groups in total. The number of benzene rings is 1. The Morgan fingerprint density at radius 1 is 1.37 bits per heavy atom. The van der Waals surface area contributed by atoms with Crippen LogP contribution < -0.4 is 5.32 Å². The molecule has 0 spiro atoms. The van der Waals surface area contributed by atoms with Crippen LogP contribution in [0, 0.1) is 0 Å². The lowest BCUT2D eigenvalue weighted by atomic mass is 10.2. The Morgan fingerprint density at radius 2 is 2.11 bits per heavy atom. The number of carboxylic acids is 1. The third-order valence-electron chi connectivity index (χ3n) is 2.42. The van der Waals surface area contributed by atoms with Crippen LogP contribution in [0.25, 0.3) is 0 Å². The number of nitrogens with one attached hydrogen (secondary N) is 2. The van der Waals surface area contributed by atoms with E-state index >= 15 is 0 Å². The molecule has 7 heteroatoms. The Bertz CT molecular complexity index is 624. The van der Waals surface area contributed by atoms with Crippen LogP contribution in [0.2, 0.25) is 0 Å². The summed E-state index contributed by atoms with van der Waals surface area (Å²) in [5.74, 6) is -1.78. The summed E-state index contributed by atoms with van der Waals surface area (Å²) in [6.45, 7) is 0. The van der Waals surface area contributed by atoms with E-state index < -0.39 is 11.9 Å². The van der Waals surface area contributed by atoms with Crippen molar-refractivity contribution in [3.05, 3.63) is 42.0 Å². The number of thioether (sulfide) groups is 1. The molecular weight excluding hydrogens is 266 g/mol. The van der Waals surface area contributed by atoms with Gasteiger partial charge in [0.15, 0.2) is 11.4 Å². The Morgan fingerprint density at radius 3 is 2.79 bits per heavy atom. The highest BCUT2D eigenvalue weighted by Crippen LogP contribution is 2.25. The van der Waals surface area contributed by atoms with Gasteiger partial charge in [0.2, 0.25) is 0 Å². The molecule has 1 aromatic carbocycles. The zero-order valence-corrected chi connectivity index (χ0v) is 10.8. The lowest BCUT2D eigenvalue weighted by molar-refractivity contribution is 0.0686. The summed E-state index contributed by atoms with van der Waals surface area (Å²) in [5, 5.41) is 11.6. The summed E-state index contributed by atoms with van der Waals surface area (Å²) in [7, 11) is 0. The van der Waals surface area contributed by atoms with E-state index in [1.165, 1.54) is 18.1 Å². The highest BCUT2D eigenvalue weighted by atomic mass is 32.2. The van der Waals surface area contributed by atoms with E-state index in [4.69, 9.17) is 5.11 Å². The number of aromatic nitrogens is 2. The number of hydrogen-bond donors (Lipinski definition) is 3. The smallest absolute Gasteiger partial charge is 0.354 e. The molecular formula is C12H11N3O3S. The molecule has 98 valence electrons. The zero-order valence-electron chi connectivity index (χ0n) is 10.0. The van der Waals surface area contributed by atoms with E-state index in [1.54, 1.807) is 12.1 Å². The predicted octanol–water partition coefficient (Wildman–Crippen LogP) is 2.08. The number of para-hydroxylation sites is 1. The molecule has 2 aromatic rings. The van der Waals surface area contributed by atoms with E-state index in [9.17, 15) is 9.59 Å². The highest BCUT2D eigenvalue weighted by molar-refractivity contribution is 7.98. The van der Waals surface area contributed by atoms with Crippen molar-refractivity contribution >= 4 is 29.3 Å². The van der Waals surface area contributed by atoms with Gasteiger partial charge in [-0.05, 0) is 18.4 Å². The molecule has 1 heterocycles. The average Bonchev–Trinajstić information content (AvgIpc) is 2.88. The number of imidazole rings is 1. The fourth-order valence-corrected chi connectivity index (χ4v) is 2.11. The maximum absolute atomic E-state index is 12.0. The monoisotopic (exact) mass is 277 g/mol. The Labute approximate surface area is 113 Å². The number of carbonyl (C=O) groups is 2. The molecule has 1 amide bonds. The van der Waals surface area contributed by atoms with Crippen molar-refractivity contribution in [1.82, 2.24) is 9.97 Å². The Balaban J connectivity index is 2.26. The number of aromatic amines is 1. The van der Waals surface area contributed by atoms with Gasteiger partial charge in [0.25, 0.3) is 5.91 Å². The second-order valence-corrected chi connectivity index (χ2v) is 4.43. The van der Waals surface area contributed by atoms with Gasteiger partial charge in [-0.1, -0.05) is 12.1 Å². The van der Waals surface area contributed by atoms with Crippen LogP contribution in [0.1, 0.15) is 21.0 Å². The first-order valence-corrected chi connectivity index (χ1v) is 6.57. The number of aromatic carboxylic acids is 1. The lowest BCUT2D eigenvalue weighted by Gasteiger charge is -2.08. The van der Waals surface area contributed by atoms with Crippen LogP contribution in [-0.4, -0.2) is 33.2 Å². The van der Waals surface area contributed by atoms with Gasteiger partial charge in [0.1, 0.15) is 0 Å². The van der Waals surface area contributed by atoms with Crippen LogP contribution in [0.15, 0.2) is 35.5 Å². The fraction of sp³-hybridized carbons (Fsp3) is 0.0833. The van der Waals surface area contributed by atoms with E-state index in [0.717, 1.165) is 4.90 Å². The average molecular weight is 277 g/mol. The first-order chi connectivity index (χ1) is 9.13. The van der Waals surface area contributed by atoms with E-state index in [2.05, 4.69) is 15.3 Å². The van der Waals surface area contributed by atoms with Crippen molar-refractivity contribution in [2.24, 2.45) is 0 Å². The maximum atomic E-state index is 12.0. The summed E-state index contributed by atoms with van der Waals surface area (Å²) < 4.78 is 0. The van der Waals surface area contributed by atoms with Gasteiger partial charge >= 0.3 is 5.97 Å². The number of carboxylic acid groups (broad SMARTS) is 1. The molecule has 0 unspecified atom stereocenters. The topological polar surface area (TPSA) is 95.1 Å². The maximum Gasteiger partial charge on any atom is 0.354 e. The normalized spacial score (nSPS) is 10.2.